The standard InChI is InChI=1S/C23H23ClFN7O3/c1-31-8-10-32(11-9-31)30-23(35)20-19(26-13-27-20)22(34)29-16-5-3-15(4-6-16)28-21(33)17-7-2-14(25)12-18(17)24/h2-7,12-13H,8-11H2,1H3,(H,26,27)(H,28,33)(H,29,34)(H,30,35). The van der Waals surface area contributed by atoms with Crippen LogP contribution in [0.4, 0.5) is 15.8 Å². The first-order chi connectivity index (χ1) is 16.8. The van der Waals surface area contributed by atoms with Crippen LogP contribution in [0.2, 0.25) is 5.02 Å². The fourth-order valence-electron chi connectivity index (χ4n) is 3.46. The lowest BCUT2D eigenvalue weighted by Crippen LogP contribution is -2.52. The van der Waals surface area contributed by atoms with Crippen LogP contribution in [0.1, 0.15) is 31.3 Å². The number of aromatic nitrogens is 2. The third kappa shape index (κ3) is 6.01. The minimum atomic E-state index is -0.565. The monoisotopic (exact) mass is 499 g/mol. The SMILES string of the molecule is CN1CCN(NC(=O)c2[nH]cnc2C(=O)Nc2ccc(NC(=O)c3ccc(F)cc3Cl)cc2)CC1. The highest BCUT2D eigenvalue weighted by Crippen LogP contribution is 2.20. The third-order valence-corrected chi connectivity index (χ3v) is 5.73. The number of H-pyrrole nitrogens is 1. The van der Waals surface area contributed by atoms with E-state index in [-0.39, 0.29) is 22.0 Å². The number of anilines is 2. The van der Waals surface area contributed by atoms with Crippen molar-refractivity contribution in [3.63, 3.8) is 0 Å². The second-order valence-electron chi connectivity index (χ2n) is 7.97. The van der Waals surface area contributed by atoms with Gasteiger partial charge < -0.3 is 20.5 Å². The molecular formula is C23H23ClFN7O3. The van der Waals surface area contributed by atoms with E-state index in [2.05, 4.69) is 30.9 Å². The summed E-state index contributed by atoms with van der Waals surface area (Å²) in [6.45, 7) is 3.00. The second-order valence-corrected chi connectivity index (χ2v) is 8.37. The summed E-state index contributed by atoms with van der Waals surface area (Å²) >= 11 is 5.93. The number of piperazine rings is 1. The van der Waals surface area contributed by atoms with Gasteiger partial charge in [0.25, 0.3) is 17.7 Å². The molecule has 1 aromatic heterocycles. The molecule has 3 aromatic rings. The van der Waals surface area contributed by atoms with Crippen LogP contribution in [-0.4, -0.2) is 70.8 Å². The maximum absolute atomic E-state index is 13.2. The molecule has 0 radical (unpaired) electrons. The summed E-state index contributed by atoms with van der Waals surface area (Å²) in [6, 6.07) is 9.82. The quantitative estimate of drug-likeness (QED) is 0.413. The van der Waals surface area contributed by atoms with Crippen molar-refractivity contribution < 1.29 is 18.8 Å². The molecule has 2 aromatic carbocycles. The highest BCUT2D eigenvalue weighted by Gasteiger charge is 2.23. The van der Waals surface area contributed by atoms with Crippen molar-refractivity contribution in [2.24, 2.45) is 0 Å². The molecule has 4 N–H and O–H groups in total. The molecule has 1 aliphatic heterocycles. The van der Waals surface area contributed by atoms with E-state index in [0.717, 1.165) is 25.2 Å². The number of rotatable bonds is 6. The smallest absolute Gasteiger partial charge is 0.284 e. The molecule has 0 atom stereocenters. The predicted molar refractivity (Wildman–Crippen MR) is 129 cm³/mol. The van der Waals surface area contributed by atoms with Crippen molar-refractivity contribution in [2.75, 3.05) is 43.9 Å². The highest BCUT2D eigenvalue weighted by atomic mass is 35.5. The largest absolute Gasteiger partial charge is 0.340 e. The van der Waals surface area contributed by atoms with Gasteiger partial charge in [-0.05, 0) is 49.5 Å². The molecule has 12 heteroatoms. The number of amides is 3. The Morgan fingerprint density at radius 3 is 2.20 bits per heavy atom. The third-order valence-electron chi connectivity index (χ3n) is 5.42. The second kappa shape index (κ2) is 10.6. The van der Waals surface area contributed by atoms with E-state index in [1.165, 1.54) is 12.4 Å². The molecular weight excluding hydrogens is 477 g/mol. The van der Waals surface area contributed by atoms with E-state index in [4.69, 9.17) is 11.6 Å². The van der Waals surface area contributed by atoms with Gasteiger partial charge in [-0.3, -0.25) is 19.8 Å². The summed E-state index contributed by atoms with van der Waals surface area (Å²) in [7, 11) is 2.01. The number of nitrogens with zero attached hydrogens (tertiary/aromatic N) is 3. The first kappa shape index (κ1) is 24.3. The minimum absolute atomic E-state index is 0.00199. The van der Waals surface area contributed by atoms with Crippen LogP contribution in [0.3, 0.4) is 0 Å². The summed E-state index contributed by atoms with van der Waals surface area (Å²) in [5.41, 5.74) is 3.82. The van der Waals surface area contributed by atoms with Gasteiger partial charge in [-0.15, -0.1) is 0 Å². The highest BCUT2D eigenvalue weighted by molar-refractivity contribution is 6.34. The van der Waals surface area contributed by atoms with Crippen LogP contribution in [0.15, 0.2) is 48.8 Å². The van der Waals surface area contributed by atoms with Crippen molar-refractivity contribution in [1.29, 1.82) is 0 Å². The maximum atomic E-state index is 13.2. The molecule has 182 valence electrons. The number of hydrogen-bond acceptors (Lipinski definition) is 6. The first-order valence-electron chi connectivity index (χ1n) is 10.8. The number of benzene rings is 2. The molecule has 1 aliphatic rings. The lowest BCUT2D eigenvalue weighted by Gasteiger charge is -2.32. The van der Waals surface area contributed by atoms with Gasteiger partial charge in [0.1, 0.15) is 11.5 Å². The van der Waals surface area contributed by atoms with E-state index < -0.39 is 23.5 Å². The number of carbonyl (C=O) groups is 3. The van der Waals surface area contributed by atoms with Gasteiger partial charge >= 0.3 is 0 Å². The van der Waals surface area contributed by atoms with E-state index >= 15 is 0 Å². The number of carbonyl (C=O) groups excluding carboxylic acids is 3. The van der Waals surface area contributed by atoms with Gasteiger partial charge in [-0.1, -0.05) is 11.6 Å². The molecule has 0 bridgehead atoms. The lowest BCUT2D eigenvalue weighted by atomic mass is 10.2. The normalized spacial score (nSPS) is 14.4. The van der Waals surface area contributed by atoms with Gasteiger partial charge in [0, 0.05) is 37.6 Å². The molecule has 3 amide bonds. The fourth-order valence-corrected chi connectivity index (χ4v) is 3.71. The average Bonchev–Trinajstić information content (AvgIpc) is 3.32. The molecule has 0 aliphatic carbocycles. The van der Waals surface area contributed by atoms with E-state index in [1.807, 2.05) is 7.05 Å². The maximum Gasteiger partial charge on any atom is 0.284 e. The summed E-state index contributed by atoms with van der Waals surface area (Å²) in [4.78, 5) is 46.6. The molecule has 0 unspecified atom stereocenters. The Hall–Kier alpha value is -3.80. The molecule has 2 heterocycles. The number of nitrogens with one attached hydrogen (secondary N) is 4. The van der Waals surface area contributed by atoms with Crippen LogP contribution in [0.5, 0.6) is 0 Å². The fraction of sp³-hybridized carbons (Fsp3) is 0.217. The molecule has 1 saturated heterocycles. The lowest BCUT2D eigenvalue weighted by molar-refractivity contribution is 0.0655. The Balaban J connectivity index is 1.36. The zero-order valence-electron chi connectivity index (χ0n) is 18.8. The molecule has 10 nitrogen and oxygen atoms in total. The van der Waals surface area contributed by atoms with Gasteiger partial charge in [0.15, 0.2) is 5.69 Å². The average molecular weight is 500 g/mol. The van der Waals surface area contributed by atoms with Crippen LogP contribution in [0.25, 0.3) is 0 Å². The number of hydrazine groups is 1. The molecule has 0 spiro atoms. The molecule has 0 saturated carbocycles. The molecule has 4 rings (SSSR count). The predicted octanol–water partition coefficient (Wildman–Crippen LogP) is 2.60. The van der Waals surface area contributed by atoms with Crippen LogP contribution < -0.4 is 16.1 Å². The van der Waals surface area contributed by atoms with Crippen molar-refractivity contribution in [3.8, 4) is 0 Å². The number of halogens is 2. The van der Waals surface area contributed by atoms with E-state index in [9.17, 15) is 18.8 Å². The molecule has 35 heavy (non-hydrogen) atoms. The van der Waals surface area contributed by atoms with E-state index in [1.54, 1.807) is 29.3 Å². The van der Waals surface area contributed by atoms with Gasteiger partial charge in [-0.2, -0.15) is 0 Å². The summed E-state index contributed by atoms with van der Waals surface area (Å²) in [5, 5.41) is 7.14. The Kier molecular flexibility index (Phi) is 7.39. The number of hydrogen-bond donors (Lipinski definition) is 4. The Labute approximate surface area is 205 Å². The minimum Gasteiger partial charge on any atom is -0.340 e. The van der Waals surface area contributed by atoms with Crippen molar-refractivity contribution in [1.82, 2.24) is 25.3 Å². The van der Waals surface area contributed by atoms with Crippen LogP contribution >= 0.6 is 11.6 Å². The van der Waals surface area contributed by atoms with Gasteiger partial charge in [-0.25, -0.2) is 14.4 Å². The number of likely N-dealkylation sites (N-methyl/N-ethyl adjacent to an activating group) is 1. The Morgan fingerprint density at radius 1 is 0.943 bits per heavy atom. The van der Waals surface area contributed by atoms with Crippen LogP contribution in [-0.2, 0) is 0 Å². The van der Waals surface area contributed by atoms with Gasteiger partial charge in [0.05, 0.1) is 16.9 Å². The van der Waals surface area contributed by atoms with Crippen molar-refractivity contribution >= 4 is 40.7 Å². The zero-order chi connectivity index (χ0) is 24.9. The van der Waals surface area contributed by atoms with Crippen molar-refractivity contribution in [2.45, 2.75) is 0 Å². The summed E-state index contributed by atoms with van der Waals surface area (Å²) in [5.74, 6) is -2.05. The number of aromatic amines is 1. The first-order valence-corrected chi connectivity index (χ1v) is 11.1. The van der Waals surface area contributed by atoms with Crippen molar-refractivity contribution in [3.05, 3.63) is 76.6 Å². The van der Waals surface area contributed by atoms with E-state index in [0.29, 0.717) is 24.5 Å². The van der Waals surface area contributed by atoms with Crippen LogP contribution in [0, 0.1) is 5.82 Å². The summed E-state index contributed by atoms with van der Waals surface area (Å²) < 4.78 is 13.2. The Morgan fingerprint density at radius 2 is 1.57 bits per heavy atom. The molecule has 1 fully saturated rings. The topological polar surface area (TPSA) is 122 Å². The Bertz CT molecular complexity index is 1240. The van der Waals surface area contributed by atoms with Gasteiger partial charge in [0.2, 0.25) is 0 Å². The number of imidazole rings is 1. The zero-order valence-corrected chi connectivity index (χ0v) is 19.5. The summed E-state index contributed by atoms with van der Waals surface area (Å²) in [6.07, 6.45) is 1.28.